The SMILES string of the molecule is C#CCN1C(=O)C(c2ccccc2)Oc2c(OC)cc(C=O)cc21. The Morgan fingerprint density at radius 3 is 2.71 bits per heavy atom. The van der Waals surface area contributed by atoms with E-state index >= 15 is 0 Å². The number of rotatable bonds is 4. The predicted molar refractivity (Wildman–Crippen MR) is 89.4 cm³/mol. The van der Waals surface area contributed by atoms with Crippen LogP contribution in [0.3, 0.4) is 0 Å². The van der Waals surface area contributed by atoms with Crippen molar-refractivity contribution >= 4 is 17.9 Å². The molecule has 2 aromatic rings. The van der Waals surface area contributed by atoms with Crippen molar-refractivity contribution in [1.82, 2.24) is 0 Å². The number of carbonyl (C=O) groups is 2. The van der Waals surface area contributed by atoms with E-state index in [1.54, 1.807) is 12.1 Å². The topological polar surface area (TPSA) is 55.8 Å². The first-order chi connectivity index (χ1) is 11.7. The molecule has 1 heterocycles. The van der Waals surface area contributed by atoms with Crippen molar-refractivity contribution in [2.45, 2.75) is 6.10 Å². The maximum absolute atomic E-state index is 12.9. The molecule has 1 aliphatic heterocycles. The summed E-state index contributed by atoms with van der Waals surface area (Å²) in [4.78, 5) is 25.4. The summed E-state index contributed by atoms with van der Waals surface area (Å²) in [6.45, 7) is 0.0734. The van der Waals surface area contributed by atoms with Crippen molar-refractivity contribution in [2.75, 3.05) is 18.6 Å². The van der Waals surface area contributed by atoms with E-state index in [1.165, 1.54) is 12.0 Å². The molecule has 0 saturated heterocycles. The Labute approximate surface area is 139 Å². The highest BCUT2D eigenvalue weighted by Crippen LogP contribution is 2.45. The standard InChI is InChI=1S/C19H15NO4/c1-3-9-20-15-10-13(12-21)11-16(23-2)18(15)24-17(19(20)22)14-7-5-4-6-8-14/h1,4-8,10-12,17H,9H2,2H3. The Bertz CT molecular complexity index is 823. The van der Waals surface area contributed by atoms with Crippen molar-refractivity contribution in [2.24, 2.45) is 0 Å². The van der Waals surface area contributed by atoms with Crippen LogP contribution in [0.4, 0.5) is 5.69 Å². The van der Waals surface area contributed by atoms with Crippen LogP contribution in [0.2, 0.25) is 0 Å². The second-order valence-corrected chi connectivity index (χ2v) is 5.23. The number of ether oxygens (including phenoxy) is 2. The second kappa shape index (κ2) is 6.47. The lowest BCUT2D eigenvalue weighted by Gasteiger charge is -2.34. The zero-order valence-corrected chi connectivity index (χ0v) is 13.1. The van der Waals surface area contributed by atoms with Crippen LogP contribution in [0.25, 0.3) is 0 Å². The van der Waals surface area contributed by atoms with Crippen LogP contribution in [0.5, 0.6) is 11.5 Å². The van der Waals surface area contributed by atoms with Crippen molar-refractivity contribution in [3.8, 4) is 23.8 Å². The van der Waals surface area contributed by atoms with Crippen molar-refractivity contribution in [3.63, 3.8) is 0 Å². The summed E-state index contributed by atoms with van der Waals surface area (Å²) < 4.78 is 11.3. The first kappa shape index (κ1) is 15.6. The molecule has 120 valence electrons. The Hall–Kier alpha value is -3.26. The highest BCUT2D eigenvalue weighted by molar-refractivity contribution is 6.02. The number of terminal acetylenes is 1. The summed E-state index contributed by atoms with van der Waals surface area (Å²) in [5, 5.41) is 0. The molecule has 0 N–H and O–H groups in total. The minimum Gasteiger partial charge on any atom is -0.493 e. The molecule has 0 saturated carbocycles. The molecule has 0 fully saturated rings. The van der Waals surface area contributed by atoms with Gasteiger partial charge in [-0.25, -0.2) is 0 Å². The third kappa shape index (κ3) is 2.59. The number of hydrogen-bond donors (Lipinski definition) is 0. The molecular formula is C19H15NO4. The van der Waals surface area contributed by atoms with E-state index in [4.69, 9.17) is 15.9 Å². The maximum atomic E-state index is 12.9. The summed E-state index contributed by atoms with van der Waals surface area (Å²) >= 11 is 0. The molecule has 0 radical (unpaired) electrons. The smallest absolute Gasteiger partial charge is 0.273 e. The van der Waals surface area contributed by atoms with E-state index in [0.717, 1.165) is 5.56 Å². The molecule has 0 spiro atoms. The minimum absolute atomic E-state index is 0.0734. The summed E-state index contributed by atoms with van der Waals surface area (Å²) in [5.41, 5.74) is 1.53. The number of amides is 1. The fourth-order valence-electron chi connectivity index (χ4n) is 2.67. The normalized spacial score (nSPS) is 15.9. The number of fused-ring (bicyclic) bond motifs is 1. The lowest BCUT2D eigenvalue weighted by molar-refractivity contribution is -0.126. The van der Waals surface area contributed by atoms with Crippen LogP contribution >= 0.6 is 0 Å². The van der Waals surface area contributed by atoms with Gasteiger partial charge in [0.05, 0.1) is 19.3 Å². The average molecular weight is 321 g/mol. The molecule has 1 atom stereocenters. The molecule has 0 aliphatic carbocycles. The fraction of sp³-hybridized carbons (Fsp3) is 0.158. The number of benzene rings is 2. The van der Waals surface area contributed by atoms with Crippen LogP contribution in [0.1, 0.15) is 22.0 Å². The summed E-state index contributed by atoms with van der Waals surface area (Å²) in [7, 11) is 1.48. The van der Waals surface area contributed by atoms with Gasteiger partial charge < -0.3 is 9.47 Å². The van der Waals surface area contributed by atoms with E-state index in [1.807, 2.05) is 30.3 Å². The van der Waals surface area contributed by atoms with Crippen LogP contribution < -0.4 is 14.4 Å². The number of aldehydes is 1. The highest BCUT2D eigenvalue weighted by Gasteiger charge is 2.37. The molecule has 1 amide bonds. The monoisotopic (exact) mass is 321 g/mol. The molecule has 5 nitrogen and oxygen atoms in total. The molecule has 24 heavy (non-hydrogen) atoms. The zero-order chi connectivity index (χ0) is 17.1. The van der Waals surface area contributed by atoms with Crippen LogP contribution in [0.15, 0.2) is 42.5 Å². The molecule has 3 rings (SSSR count). The largest absolute Gasteiger partial charge is 0.493 e. The second-order valence-electron chi connectivity index (χ2n) is 5.23. The van der Waals surface area contributed by atoms with Gasteiger partial charge in [-0.2, -0.15) is 0 Å². The number of carbonyl (C=O) groups excluding carboxylic acids is 2. The van der Waals surface area contributed by atoms with E-state index < -0.39 is 6.10 Å². The first-order valence-corrected chi connectivity index (χ1v) is 7.33. The molecule has 2 aromatic carbocycles. The Balaban J connectivity index is 2.16. The van der Waals surface area contributed by atoms with E-state index in [0.29, 0.717) is 29.0 Å². The minimum atomic E-state index is -0.817. The van der Waals surface area contributed by atoms with Gasteiger partial charge in [0.15, 0.2) is 11.5 Å². The highest BCUT2D eigenvalue weighted by atomic mass is 16.5. The van der Waals surface area contributed by atoms with E-state index in [2.05, 4.69) is 5.92 Å². The third-order valence-electron chi connectivity index (χ3n) is 3.78. The van der Waals surface area contributed by atoms with Crippen LogP contribution in [-0.2, 0) is 4.79 Å². The Morgan fingerprint density at radius 2 is 2.08 bits per heavy atom. The molecular weight excluding hydrogens is 306 g/mol. The van der Waals surface area contributed by atoms with Gasteiger partial charge in [-0.05, 0) is 12.1 Å². The lowest BCUT2D eigenvalue weighted by Crippen LogP contribution is -2.41. The van der Waals surface area contributed by atoms with Crippen molar-refractivity contribution in [3.05, 3.63) is 53.6 Å². The average Bonchev–Trinajstić information content (AvgIpc) is 2.63. The first-order valence-electron chi connectivity index (χ1n) is 7.33. The van der Waals surface area contributed by atoms with Gasteiger partial charge in [0.1, 0.15) is 6.29 Å². The number of methoxy groups -OCH3 is 1. The van der Waals surface area contributed by atoms with Gasteiger partial charge in [-0.1, -0.05) is 36.3 Å². The molecule has 1 unspecified atom stereocenters. The summed E-state index contributed by atoms with van der Waals surface area (Å²) in [6, 6.07) is 12.3. The predicted octanol–water partition coefficient (Wildman–Crippen LogP) is 2.61. The van der Waals surface area contributed by atoms with E-state index in [-0.39, 0.29) is 12.5 Å². The van der Waals surface area contributed by atoms with E-state index in [9.17, 15) is 9.59 Å². The van der Waals surface area contributed by atoms with Gasteiger partial charge in [0.2, 0.25) is 6.10 Å². The molecule has 0 bridgehead atoms. The molecule has 1 aliphatic rings. The van der Waals surface area contributed by atoms with Crippen molar-refractivity contribution < 1.29 is 19.1 Å². The van der Waals surface area contributed by atoms with Crippen LogP contribution in [-0.4, -0.2) is 25.8 Å². The van der Waals surface area contributed by atoms with Crippen molar-refractivity contribution in [1.29, 1.82) is 0 Å². The summed E-state index contributed by atoms with van der Waals surface area (Å²) in [5.74, 6) is 2.97. The van der Waals surface area contributed by atoms with Gasteiger partial charge in [0, 0.05) is 11.1 Å². The number of hydrogen-bond acceptors (Lipinski definition) is 4. The van der Waals surface area contributed by atoms with Gasteiger partial charge in [-0.3, -0.25) is 14.5 Å². The quantitative estimate of drug-likeness (QED) is 0.641. The molecule has 0 aromatic heterocycles. The van der Waals surface area contributed by atoms with Gasteiger partial charge in [-0.15, -0.1) is 6.42 Å². The van der Waals surface area contributed by atoms with Crippen LogP contribution in [0, 0.1) is 12.3 Å². The Morgan fingerprint density at radius 1 is 1.33 bits per heavy atom. The number of nitrogens with zero attached hydrogens (tertiary/aromatic N) is 1. The lowest BCUT2D eigenvalue weighted by atomic mass is 10.0. The molecule has 5 heteroatoms. The third-order valence-corrected chi connectivity index (χ3v) is 3.78. The van der Waals surface area contributed by atoms with Gasteiger partial charge >= 0.3 is 0 Å². The fourth-order valence-corrected chi connectivity index (χ4v) is 2.67. The summed E-state index contributed by atoms with van der Waals surface area (Å²) in [6.07, 6.45) is 5.29. The zero-order valence-electron chi connectivity index (χ0n) is 13.1. The number of anilines is 1. The Kier molecular flexibility index (Phi) is 4.21. The maximum Gasteiger partial charge on any atom is 0.273 e. The van der Waals surface area contributed by atoms with Gasteiger partial charge in [0.25, 0.3) is 5.91 Å².